The van der Waals surface area contributed by atoms with Gasteiger partial charge in [-0.1, -0.05) is 37.6 Å². The molecule has 0 aromatic heterocycles. The summed E-state index contributed by atoms with van der Waals surface area (Å²) in [6, 6.07) is 6.83. The lowest BCUT2D eigenvalue weighted by molar-refractivity contribution is -0.148. The summed E-state index contributed by atoms with van der Waals surface area (Å²) >= 11 is 0. The van der Waals surface area contributed by atoms with Crippen LogP contribution >= 0.6 is 0 Å². The second-order valence-electron chi connectivity index (χ2n) is 5.41. The van der Waals surface area contributed by atoms with Crippen molar-refractivity contribution in [1.82, 2.24) is 5.32 Å². The lowest BCUT2D eigenvalue weighted by Gasteiger charge is -2.18. The standard InChI is InChI=1S/C17H25NO4/c1-4-5-6-13-7-9-14(10-8-13)11-15(20)18-16(12(2)19)17(21)22-3/h7-10,12,16,19H,4-6,11H2,1-3H3,(H,18,20)/t12-,16-/m0/s1. The highest BCUT2D eigenvalue weighted by Crippen LogP contribution is 2.09. The Kier molecular flexibility index (Phi) is 7.60. The average Bonchev–Trinajstić information content (AvgIpc) is 2.51. The van der Waals surface area contributed by atoms with Crippen LogP contribution < -0.4 is 5.32 Å². The van der Waals surface area contributed by atoms with Crippen molar-refractivity contribution in [3.8, 4) is 0 Å². The van der Waals surface area contributed by atoms with Crippen molar-refractivity contribution in [2.24, 2.45) is 0 Å². The van der Waals surface area contributed by atoms with Crippen LogP contribution in [-0.2, 0) is 27.2 Å². The summed E-state index contributed by atoms with van der Waals surface area (Å²) in [7, 11) is 1.22. The molecule has 0 bridgehead atoms. The number of amides is 1. The topological polar surface area (TPSA) is 75.6 Å². The number of unbranched alkanes of at least 4 members (excludes halogenated alkanes) is 1. The number of carbonyl (C=O) groups excluding carboxylic acids is 2. The van der Waals surface area contributed by atoms with Gasteiger partial charge in [-0.05, 0) is 30.9 Å². The molecule has 1 amide bonds. The molecule has 0 aliphatic carbocycles. The molecular formula is C17H25NO4. The summed E-state index contributed by atoms with van der Waals surface area (Å²) in [5, 5.41) is 12.0. The summed E-state index contributed by atoms with van der Waals surface area (Å²) in [5.74, 6) is -0.976. The van der Waals surface area contributed by atoms with Crippen LogP contribution in [-0.4, -0.2) is 36.2 Å². The van der Waals surface area contributed by atoms with Gasteiger partial charge in [-0.2, -0.15) is 0 Å². The van der Waals surface area contributed by atoms with Crippen molar-refractivity contribution < 1.29 is 19.4 Å². The molecular weight excluding hydrogens is 282 g/mol. The first kappa shape index (κ1) is 18.2. The fourth-order valence-corrected chi connectivity index (χ4v) is 2.12. The zero-order valence-electron chi connectivity index (χ0n) is 13.5. The smallest absolute Gasteiger partial charge is 0.331 e. The van der Waals surface area contributed by atoms with E-state index in [9.17, 15) is 14.7 Å². The molecule has 0 heterocycles. The maximum Gasteiger partial charge on any atom is 0.331 e. The first-order chi connectivity index (χ1) is 10.5. The number of hydrogen-bond acceptors (Lipinski definition) is 4. The van der Waals surface area contributed by atoms with E-state index in [1.54, 1.807) is 0 Å². The highest BCUT2D eigenvalue weighted by Gasteiger charge is 2.26. The molecule has 1 aromatic carbocycles. The predicted molar refractivity (Wildman–Crippen MR) is 84.4 cm³/mol. The Morgan fingerprint density at radius 3 is 2.32 bits per heavy atom. The number of nitrogens with one attached hydrogen (secondary N) is 1. The summed E-state index contributed by atoms with van der Waals surface area (Å²) in [6.45, 7) is 3.59. The first-order valence-electron chi connectivity index (χ1n) is 7.61. The van der Waals surface area contributed by atoms with E-state index in [0.29, 0.717) is 0 Å². The fourth-order valence-electron chi connectivity index (χ4n) is 2.12. The summed E-state index contributed by atoms with van der Waals surface area (Å²) in [6.07, 6.45) is 2.49. The van der Waals surface area contributed by atoms with Gasteiger partial charge in [0.25, 0.3) is 0 Å². The van der Waals surface area contributed by atoms with E-state index in [0.717, 1.165) is 24.8 Å². The van der Waals surface area contributed by atoms with Gasteiger partial charge in [0.15, 0.2) is 6.04 Å². The molecule has 0 aliphatic rings. The highest BCUT2D eigenvalue weighted by molar-refractivity contribution is 5.86. The SMILES string of the molecule is CCCCc1ccc(CC(=O)N[C@H](C(=O)OC)[C@H](C)O)cc1. The Balaban J connectivity index is 2.58. The summed E-state index contributed by atoms with van der Waals surface area (Å²) < 4.78 is 4.56. The molecule has 0 fully saturated rings. The van der Waals surface area contributed by atoms with Gasteiger partial charge >= 0.3 is 5.97 Å². The molecule has 22 heavy (non-hydrogen) atoms. The van der Waals surface area contributed by atoms with Crippen molar-refractivity contribution in [1.29, 1.82) is 0 Å². The molecule has 0 radical (unpaired) electrons. The van der Waals surface area contributed by atoms with E-state index in [2.05, 4.69) is 17.0 Å². The van der Waals surface area contributed by atoms with Crippen LogP contribution in [0, 0.1) is 0 Å². The minimum absolute atomic E-state index is 0.161. The number of aliphatic hydroxyl groups is 1. The van der Waals surface area contributed by atoms with Gasteiger partial charge in [0.05, 0.1) is 19.6 Å². The number of ether oxygens (including phenoxy) is 1. The second kappa shape index (κ2) is 9.20. The van der Waals surface area contributed by atoms with Crippen molar-refractivity contribution in [2.75, 3.05) is 7.11 Å². The van der Waals surface area contributed by atoms with Gasteiger partial charge < -0.3 is 15.2 Å². The van der Waals surface area contributed by atoms with Gasteiger partial charge in [0.2, 0.25) is 5.91 Å². The van der Waals surface area contributed by atoms with E-state index in [4.69, 9.17) is 0 Å². The minimum Gasteiger partial charge on any atom is -0.467 e. The van der Waals surface area contributed by atoms with Crippen LogP contribution in [0.15, 0.2) is 24.3 Å². The average molecular weight is 307 g/mol. The van der Waals surface area contributed by atoms with Crippen LogP contribution in [0.4, 0.5) is 0 Å². The molecule has 2 N–H and O–H groups in total. The fraction of sp³-hybridized carbons (Fsp3) is 0.529. The zero-order valence-corrected chi connectivity index (χ0v) is 13.5. The third-order valence-corrected chi connectivity index (χ3v) is 3.46. The molecule has 1 rings (SSSR count). The van der Waals surface area contributed by atoms with E-state index in [1.807, 2.05) is 24.3 Å². The molecule has 0 spiro atoms. The van der Waals surface area contributed by atoms with Crippen LogP contribution in [0.1, 0.15) is 37.8 Å². The van der Waals surface area contributed by atoms with Crippen LogP contribution in [0.25, 0.3) is 0 Å². The summed E-state index contributed by atoms with van der Waals surface area (Å²) in [4.78, 5) is 23.5. The molecule has 0 saturated carbocycles. The largest absolute Gasteiger partial charge is 0.467 e. The molecule has 5 heteroatoms. The van der Waals surface area contributed by atoms with Crippen molar-refractivity contribution in [3.05, 3.63) is 35.4 Å². The van der Waals surface area contributed by atoms with E-state index < -0.39 is 18.1 Å². The molecule has 0 unspecified atom stereocenters. The van der Waals surface area contributed by atoms with Gasteiger partial charge in [-0.15, -0.1) is 0 Å². The summed E-state index contributed by atoms with van der Waals surface area (Å²) in [5.41, 5.74) is 2.12. The Morgan fingerprint density at radius 2 is 1.82 bits per heavy atom. The predicted octanol–water partition coefficient (Wildman–Crippen LogP) is 1.61. The Morgan fingerprint density at radius 1 is 1.23 bits per heavy atom. The number of rotatable bonds is 8. The quantitative estimate of drug-likeness (QED) is 0.716. The Bertz CT molecular complexity index is 482. The van der Waals surface area contributed by atoms with Gasteiger partial charge in [-0.25, -0.2) is 4.79 Å². The number of hydrogen-bond donors (Lipinski definition) is 2. The number of aryl methyl sites for hydroxylation is 1. The minimum atomic E-state index is -1.04. The Labute approximate surface area is 131 Å². The molecule has 122 valence electrons. The molecule has 0 saturated heterocycles. The lowest BCUT2D eigenvalue weighted by Crippen LogP contribution is -2.48. The first-order valence-corrected chi connectivity index (χ1v) is 7.61. The second-order valence-corrected chi connectivity index (χ2v) is 5.41. The number of aliphatic hydroxyl groups excluding tert-OH is 1. The highest BCUT2D eigenvalue weighted by atomic mass is 16.5. The monoisotopic (exact) mass is 307 g/mol. The van der Waals surface area contributed by atoms with Crippen molar-refractivity contribution in [3.63, 3.8) is 0 Å². The number of esters is 1. The van der Waals surface area contributed by atoms with E-state index >= 15 is 0 Å². The van der Waals surface area contributed by atoms with Crippen molar-refractivity contribution in [2.45, 2.75) is 51.7 Å². The van der Waals surface area contributed by atoms with Gasteiger partial charge in [0.1, 0.15) is 0 Å². The molecule has 1 aromatic rings. The maximum absolute atomic E-state index is 12.0. The third kappa shape index (κ3) is 5.85. The van der Waals surface area contributed by atoms with Crippen molar-refractivity contribution >= 4 is 11.9 Å². The van der Waals surface area contributed by atoms with Gasteiger partial charge in [-0.3, -0.25) is 4.79 Å². The number of benzene rings is 1. The van der Waals surface area contributed by atoms with Gasteiger partial charge in [0, 0.05) is 0 Å². The maximum atomic E-state index is 12.0. The Hall–Kier alpha value is -1.88. The number of methoxy groups -OCH3 is 1. The van der Waals surface area contributed by atoms with Crippen LogP contribution in [0.2, 0.25) is 0 Å². The van der Waals surface area contributed by atoms with E-state index in [1.165, 1.54) is 19.6 Å². The molecule has 2 atom stereocenters. The normalized spacial score (nSPS) is 13.3. The van der Waals surface area contributed by atoms with Crippen LogP contribution in [0.5, 0.6) is 0 Å². The number of carbonyl (C=O) groups is 2. The molecule has 5 nitrogen and oxygen atoms in total. The van der Waals surface area contributed by atoms with E-state index in [-0.39, 0.29) is 12.3 Å². The molecule has 0 aliphatic heterocycles. The zero-order chi connectivity index (χ0) is 16.5. The third-order valence-electron chi connectivity index (χ3n) is 3.46. The lowest BCUT2D eigenvalue weighted by atomic mass is 10.0. The van der Waals surface area contributed by atoms with Crippen LogP contribution in [0.3, 0.4) is 0 Å².